The van der Waals surface area contributed by atoms with E-state index in [1.807, 2.05) is 24.3 Å². The van der Waals surface area contributed by atoms with Crippen LogP contribution in [0.2, 0.25) is 10.0 Å². The fourth-order valence-corrected chi connectivity index (χ4v) is 4.15. The fourth-order valence-electron chi connectivity index (χ4n) is 2.84. The summed E-state index contributed by atoms with van der Waals surface area (Å²) in [6.07, 6.45) is 5.23. The molecule has 0 atom stereocenters. The Labute approximate surface area is 185 Å². The van der Waals surface area contributed by atoms with Crippen molar-refractivity contribution in [2.75, 3.05) is 22.4 Å². The number of pyridine rings is 1. The number of nitrogens with zero attached hydrogens (tertiary/aromatic N) is 2. The average molecular weight is 464 g/mol. The van der Waals surface area contributed by atoms with Gasteiger partial charge in [0.05, 0.1) is 22.0 Å². The van der Waals surface area contributed by atoms with Gasteiger partial charge < -0.3 is 5.32 Å². The quantitative estimate of drug-likeness (QED) is 0.563. The van der Waals surface area contributed by atoms with E-state index in [1.54, 1.807) is 36.7 Å². The van der Waals surface area contributed by atoms with Crippen molar-refractivity contribution in [2.24, 2.45) is 0 Å². The van der Waals surface area contributed by atoms with Crippen molar-refractivity contribution in [2.45, 2.75) is 6.42 Å². The lowest BCUT2D eigenvalue weighted by atomic mass is 10.1. The molecular formula is C21H19Cl2N3O3S. The molecule has 3 rings (SSSR count). The van der Waals surface area contributed by atoms with Crippen LogP contribution in [-0.4, -0.2) is 32.1 Å². The minimum absolute atomic E-state index is 0.0675. The van der Waals surface area contributed by atoms with Gasteiger partial charge in [0.1, 0.15) is 6.54 Å². The average Bonchev–Trinajstić information content (AvgIpc) is 2.70. The van der Waals surface area contributed by atoms with Crippen LogP contribution in [0.4, 0.5) is 11.4 Å². The number of amides is 1. The van der Waals surface area contributed by atoms with Crippen molar-refractivity contribution in [1.82, 2.24) is 4.98 Å². The van der Waals surface area contributed by atoms with Crippen molar-refractivity contribution in [3.05, 3.63) is 88.2 Å². The van der Waals surface area contributed by atoms with Crippen molar-refractivity contribution >= 4 is 50.5 Å². The molecule has 0 aliphatic heterocycles. The summed E-state index contributed by atoms with van der Waals surface area (Å²) < 4.78 is 25.4. The largest absolute Gasteiger partial charge is 0.325 e. The number of anilines is 2. The van der Waals surface area contributed by atoms with Crippen LogP contribution in [0, 0.1) is 0 Å². The predicted molar refractivity (Wildman–Crippen MR) is 121 cm³/mol. The minimum atomic E-state index is -3.76. The highest BCUT2D eigenvalue weighted by atomic mass is 35.5. The Bertz CT molecular complexity index is 1140. The normalized spacial score (nSPS) is 11.2. The number of hydrogen-bond acceptors (Lipinski definition) is 4. The topological polar surface area (TPSA) is 79.4 Å². The molecule has 1 amide bonds. The molecule has 0 aliphatic carbocycles. The van der Waals surface area contributed by atoms with Crippen molar-refractivity contribution in [3.63, 3.8) is 0 Å². The molecule has 6 nitrogen and oxygen atoms in total. The summed E-state index contributed by atoms with van der Waals surface area (Å²) in [5, 5.41) is 2.98. The van der Waals surface area contributed by atoms with Gasteiger partial charge in [-0.1, -0.05) is 41.4 Å². The van der Waals surface area contributed by atoms with E-state index in [2.05, 4.69) is 10.3 Å². The van der Waals surface area contributed by atoms with Crippen LogP contribution in [0.15, 0.2) is 67.0 Å². The highest BCUT2D eigenvalue weighted by molar-refractivity contribution is 7.92. The molecule has 30 heavy (non-hydrogen) atoms. The monoisotopic (exact) mass is 463 g/mol. The molecule has 1 N–H and O–H groups in total. The van der Waals surface area contributed by atoms with Crippen LogP contribution in [-0.2, 0) is 21.2 Å². The minimum Gasteiger partial charge on any atom is -0.325 e. The third-order valence-corrected chi connectivity index (χ3v) is 6.22. The first-order valence-electron chi connectivity index (χ1n) is 8.93. The summed E-state index contributed by atoms with van der Waals surface area (Å²) >= 11 is 12.1. The van der Waals surface area contributed by atoms with Crippen LogP contribution >= 0.6 is 23.2 Å². The number of aromatic nitrogens is 1. The molecular weight excluding hydrogens is 445 g/mol. The van der Waals surface area contributed by atoms with Gasteiger partial charge in [-0.15, -0.1) is 0 Å². The molecule has 0 fully saturated rings. The van der Waals surface area contributed by atoms with Crippen molar-refractivity contribution in [3.8, 4) is 0 Å². The summed E-state index contributed by atoms with van der Waals surface area (Å²) in [4.78, 5) is 16.5. The smallest absolute Gasteiger partial charge is 0.245 e. The van der Waals surface area contributed by atoms with Crippen molar-refractivity contribution in [1.29, 1.82) is 0 Å². The van der Waals surface area contributed by atoms with Crippen molar-refractivity contribution < 1.29 is 13.2 Å². The summed E-state index contributed by atoms with van der Waals surface area (Å²) in [5.74, 6) is -0.502. The zero-order chi connectivity index (χ0) is 21.7. The summed E-state index contributed by atoms with van der Waals surface area (Å²) in [7, 11) is -3.76. The third kappa shape index (κ3) is 5.72. The predicted octanol–water partition coefficient (Wildman–Crippen LogP) is 4.38. The maximum Gasteiger partial charge on any atom is 0.245 e. The SMILES string of the molecule is CS(=O)(=O)N(CC(=O)Nc1ccc(Cc2ccncc2)cc1)c1cccc(Cl)c1Cl. The molecule has 3 aromatic rings. The summed E-state index contributed by atoms with van der Waals surface area (Å²) in [6.45, 7) is -0.433. The van der Waals surface area contributed by atoms with Gasteiger partial charge in [0.15, 0.2) is 0 Å². The Balaban J connectivity index is 1.70. The van der Waals surface area contributed by atoms with Gasteiger partial charge in [-0.2, -0.15) is 0 Å². The maximum absolute atomic E-state index is 12.5. The number of benzene rings is 2. The van der Waals surface area contributed by atoms with E-state index in [0.29, 0.717) is 5.69 Å². The number of carbonyl (C=O) groups is 1. The van der Waals surface area contributed by atoms with Gasteiger partial charge >= 0.3 is 0 Å². The van der Waals surface area contributed by atoms with Gasteiger partial charge in [-0.05, 0) is 53.9 Å². The van der Waals surface area contributed by atoms with E-state index < -0.39 is 22.5 Å². The Morgan fingerprint density at radius 1 is 1.00 bits per heavy atom. The Hall–Kier alpha value is -2.61. The number of nitrogens with one attached hydrogen (secondary N) is 1. The highest BCUT2D eigenvalue weighted by Crippen LogP contribution is 2.33. The van der Waals surface area contributed by atoms with Crippen LogP contribution in [0.5, 0.6) is 0 Å². The second-order valence-corrected chi connectivity index (χ2v) is 9.31. The van der Waals surface area contributed by atoms with E-state index in [0.717, 1.165) is 28.1 Å². The lowest BCUT2D eigenvalue weighted by Gasteiger charge is -2.23. The molecule has 9 heteroatoms. The van der Waals surface area contributed by atoms with E-state index in [4.69, 9.17) is 23.2 Å². The first-order valence-corrected chi connectivity index (χ1v) is 11.5. The molecule has 1 aromatic heterocycles. The Kier molecular flexibility index (Phi) is 6.97. The standard InChI is InChI=1S/C21H19Cl2N3O3S/c1-30(28,29)26(19-4-2-3-18(22)21(19)23)14-20(27)25-17-7-5-15(6-8-17)13-16-9-11-24-12-10-16/h2-12H,13-14H2,1H3,(H,25,27). The lowest BCUT2D eigenvalue weighted by molar-refractivity contribution is -0.114. The number of rotatable bonds is 7. The van der Waals surface area contributed by atoms with E-state index in [-0.39, 0.29) is 15.7 Å². The molecule has 0 bridgehead atoms. The first-order chi connectivity index (χ1) is 14.2. The molecule has 0 spiro atoms. The second kappa shape index (κ2) is 9.47. The van der Waals surface area contributed by atoms with E-state index in [9.17, 15) is 13.2 Å². The fraction of sp³-hybridized carbons (Fsp3) is 0.143. The van der Waals surface area contributed by atoms with Gasteiger partial charge in [-0.3, -0.25) is 14.1 Å². The lowest BCUT2D eigenvalue weighted by Crippen LogP contribution is -2.37. The van der Waals surface area contributed by atoms with Gasteiger partial charge in [0.2, 0.25) is 15.9 Å². The van der Waals surface area contributed by atoms with Crippen LogP contribution in [0.25, 0.3) is 0 Å². The zero-order valence-corrected chi connectivity index (χ0v) is 18.4. The molecule has 0 saturated carbocycles. The molecule has 0 unspecified atom stereocenters. The maximum atomic E-state index is 12.5. The third-order valence-electron chi connectivity index (χ3n) is 4.28. The van der Waals surface area contributed by atoms with Crippen LogP contribution in [0.3, 0.4) is 0 Å². The zero-order valence-electron chi connectivity index (χ0n) is 16.0. The molecule has 156 valence electrons. The molecule has 0 radical (unpaired) electrons. The van der Waals surface area contributed by atoms with Gasteiger partial charge in [-0.25, -0.2) is 8.42 Å². The number of hydrogen-bond donors (Lipinski definition) is 1. The van der Waals surface area contributed by atoms with E-state index >= 15 is 0 Å². The Morgan fingerprint density at radius 2 is 1.63 bits per heavy atom. The van der Waals surface area contributed by atoms with E-state index in [1.165, 1.54) is 6.07 Å². The van der Waals surface area contributed by atoms with Crippen LogP contribution < -0.4 is 9.62 Å². The van der Waals surface area contributed by atoms with Gasteiger partial charge in [0.25, 0.3) is 0 Å². The first kappa shape index (κ1) is 22.1. The highest BCUT2D eigenvalue weighted by Gasteiger charge is 2.24. The number of sulfonamides is 1. The molecule has 2 aromatic carbocycles. The number of carbonyl (C=O) groups excluding carboxylic acids is 1. The molecule has 1 heterocycles. The molecule has 0 aliphatic rings. The summed E-state index contributed by atoms with van der Waals surface area (Å²) in [5.41, 5.74) is 2.91. The Morgan fingerprint density at radius 3 is 2.27 bits per heavy atom. The van der Waals surface area contributed by atoms with Crippen LogP contribution in [0.1, 0.15) is 11.1 Å². The number of halogens is 2. The summed E-state index contributed by atoms with van der Waals surface area (Å²) in [6, 6.07) is 15.8. The van der Waals surface area contributed by atoms with Gasteiger partial charge in [0, 0.05) is 18.1 Å². The molecule has 0 saturated heterocycles. The second-order valence-electron chi connectivity index (χ2n) is 6.62.